The van der Waals surface area contributed by atoms with Crippen molar-refractivity contribution in [3.8, 4) is 11.4 Å². The molecular formula is C18H15Cl2FN4OS. The molecule has 0 aliphatic rings. The van der Waals surface area contributed by atoms with Crippen LogP contribution in [0.3, 0.4) is 0 Å². The number of hydrogen-bond donors (Lipinski definition) is 1. The van der Waals surface area contributed by atoms with Gasteiger partial charge in [-0.25, -0.2) is 4.39 Å². The van der Waals surface area contributed by atoms with Gasteiger partial charge in [-0.15, -0.1) is 10.2 Å². The molecule has 0 fully saturated rings. The molecule has 0 atom stereocenters. The van der Waals surface area contributed by atoms with Crippen molar-refractivity contribution in [2.24, 2.45) is 0 Å². The molecule has 140 valence electrons. The smallest absolute Gasteiger partial charge is 0.234 e. The number of benzene rings is 2. The molecule has 0 radical (unpaired) electrons. The van der Waals surface area contributed by atoms with Crippen molar-refractivity contribution < 1.29 is 9.18 Å². The molecule has 1 aromatic heterocycles. The van der Waals surface area contributed by atoms with Gasteiger partial charge in [-0.1, -0.05) is 53.2 Å². The van der Waals surface area contributed by atoms with Gasteiger partial charge in [0.15, 0.2) is 11.0 Å². The molecule has 1 amide bonds. The van der Waals surface area contributed by atoms with Crippen molar-refractivity contribution in [2.75, 3.05) is 11.1 Å². The Hall–Kier alpha value is -2.09. The van der Waals surface area contributed by atoms with Gasteiger partial charge in [0.25, 0.3) is 0 Å². The monoisotopic (exact) mass is 424 g/mol. The van der Waals surface area contributed by atoms with Crippen LogP contribution in [-0.2, 0) is 11.3 Å². The highest BCUT2D eigenvalue weighted by Gasteiger charge is 2.17. The summed E-state index contributed by atoms with van der Waals surface area (Å²) in [5, 5.41) is 12.1. The van der Waals surface area contributed by atoms with Crippen molar-refractivity contribution in [1.29, 1.82) is 0 Å². The first-order valence-electron chi connectivity index (χ1n) is 8.06. The van der Waals surface area contributed by atoms with Gasteiger partial charge in [-0.05, 0) is 31.2 Å². The van der Waals surface area contributed by atoms with Gasteiger partial charge in [0.05, 0.1) is 27.0 Å². The van der Waals surface area contributed by atoms with Gasteiger partial charge in [0.2, 0.25) is 5.91 Å². The average Bonchev–Trinajstić information content (AvgIpc) is 3.07. The summed E-state index contributed by atoms with van der Waals surface area (Å²) < 4.78 is 15.8. The van der Waals surface area contributed by atoms with E-state index in [1.54, 1.807) is 41.0 Å². The van der Waals surface area contributed by atoms with E-state index in [1.165, 1.54) is 17.8 Å². The molecule has 0 saturated carbocycles. The number of halogens is 3. The minimum atomic E-state index is -0.371. The van der Waals surface area contributed by atoms with Crippen LogP contribution in [0, 0.1) is 5.82 Å². The SMILES string of the molecule is CCn1c(SCC(=O)Nc2cccc(Cl)c2Cl)nnc1-c1ccccc1F. The Labute approximate surface area is 169 Å². The molecule has 5 nitrogen and oxygen atoms in total. The Bertz CT molecular complexity index is 980. The summed E-state index contributed by atoms with van der Waals surface area (Å²) in [4.78, 5) is 12.2. The van der Waals surface area contributed by atoms with E-state index in [1.807, 2.05) is 6.92 Å². The second-order valence-electron chi connectivity index (χ2n) is 5.47. The van der Waals surface area contributed by atoms with Crippen LogP contribution in [-0.4, -0.2) is 26.4 Å². The maximum atomic E-state index is 14.1. The molecule has 3 rings (SSSR count). The van der Waals surface area contributed by atoms with Crippen LogP contribution in [0.25, 0.3) is 11.4 Å². The zero-order valence-corrected chi connectivity index (χ0v) is 16.6. The number of nitrogens with one attached hydrogen (secondary N) is 1. The largest absolute Gasteiger partial charge is 0.324 e. The van der Waals surface area contributed by atoms with Crippen LogP contribution in [0.4, 0.5) is 10.1 Å². The zero-order valence-electron chi connectivity index (χ0n) is 14.2. The maximum Gasteiger partial charge on any atom is 0.234 e. The quantitative estimate of drug-likeness (QED) is 0.556. The second-order valence-corrected chi connectivity index (χ2v) is 7.20. The number of aromatic nitrogens is 3. The van der Waals surface area contributed by atoms with E-state index in [0.717, 1.165) is 0 Å². The average molecular weight is 425 g/mol. The number of nitrogens with zero attached hydrogens (tertiary/aromatic N) is 3. The first-order chi connectivity index (χ1) is 13.0. The van der Waals surface area contributed by atoms with Crippen molar-refractivity contribution in [3.63, 3.8) is 0 Å². The van der Waals surface area contributed by atoms with Crippen LogP contribution in [0.5, 0.6) is 0 Å². The lowest BCUT2D eigenvalue weighted by atomic mass is 10.2. The van der Waals surface area contributed by atoms with Gasteiger partial charge in [-0.3, -0.25) is 4.79 Å². The molecule has 27 heavy (non-hydrogen) atoms. The van der Waals surface area contributed by atoms with E-state index < -0.39 is 0 Å². The molecule has 0 unspecified atom stereocenters. The lowest BCUT2D eigenvalue weighted by molar-refractivity contribution is -0.113. The maximum absolute atomic E-state index is 14.1. The zero-order chi connectivity index (χ0) is 19.4. The Kier molecular flexibility index (Phi) is 6.36. The van der Waals surface area contributed by atoms with Gasteiger partial charge < -0.3 is 9.88 Å². The van der Waals surface area contributed by atoms with E-state index in [-0.39, 0.29) is 22.5 Å². The number of hydrogen-bond acceptors (Lipinski definition) is 4. The third kappa shape index (κ3) is 4.43. The molecule has 0 aliphatic carbocycles. The molecule has 0 aliphatic heterocycles. The molecule has 2 aromatic carbocycles. The normalized spacial score (nSPS) is 10.8. The van der Waals surface area contributed by atoms with Crippen LogP contribution < -0.4 is 5.32 Å². The molecule has 1 heterocycles. The lowest BCUT2D eigenvalue weighted by Gasteiger charge is -2.09. The summed E-state index contributed by atoms with van der Waals surface area (Å²) in [7, 11) is 0. The van der Waals surface area contributed by atoms with Crippen LogP contribution >= 0.6 is 35.0 Å². The number of rotatable bonds is 6. The highest BCUT2D eigenvalue weighted by Crippen LogP contribution is 2.30. The van der Waals surface area contributed by atoms with E-state index in [0.29, 0.717) is 33.8 Å². The molecule has 0 bridgehead atoms. The van der Waals surface area contributed by atoms with Crippen molar-refractivity contribution in [1.82, 2.24) is 14.8 Å². The third-order valence-corrected chi connectivity index (χ3v) is 5.49. The van der Waals surface area contributed by atoms with Crippen molar-refractivity contribution in [2.45, 2.75) is 18.6 Å². The summed E-state index contributed by atoms with van der Waals surface area (Å²) >= 11 is 13.2. The van der Waals surface area contributed by atoms with Crippen molar-refractivity contribution in [3.05, 3.63) is 58.3 Å². The summed E-state index contributed by atoms with van der Waals surface area (Å²) in [5.74, 6) is -0.110. The fourth-order valence-corrected chi connectivity index (χ4v) is 3.59. The predicted molar refractivity (Wildman–Crippen MR) is 107 cm³/mol. The third-order valence-electron chi connectivity index (χ3n) is 3.71. The van der Waals surface area contributed by atoms with Crippen LogP contribution in [0.15, 0.2) is 47.6 Å². The van der Waals surface area contributed by atoms with Crippen LogP contribution in [0.2, 0.25) is 10.0 Å². The lowest BCUT2D eigenvalue weighted by Crippen LogP contribution is -2.15. The van der Waals surface area contributed by atoms with Crippen molar-refractivity contribution >= 4 is 46.6 Å². The Morgan fingerprint density at radius 1 is 1.19 bits per heavy atom. The van der Waals surface area contributed by atoms with Crippen LogP contribution in [0.1, 0.15) is 6.92 Å². The summed E-state index contributed by atoms with van der Waals surface area (Å²) in [6.07, 6.45) is 0. The standard InChI is InChI=1S/C18H15Cl2FN4OS/c1-2-25-17(11-6-3-4-8-13(11)21)23-24-18(25)27-10-15(26)22-14-9-5-7-12(19)16(14)20/h3-9H,2,10H2,1H3,(H,22,26). The number of carbonyl (C=O) groups excluding carboxylic acids is 1. The highest BCUT2D eigenvalue weighted by atomic mass is 35.5. The molecule has 9 heteroatoms. The topological polar surface area (TPSA) is 59.8 Å². The van der Waals surface area contributed by atoms with Gasteiger partial charge in [0, 0.05) is 6.54 Å². The number of amides is 1. The van der Waals surface area contributed by atoms with E-state index in [9.17, 15) is 9.18 Å². The molecule has 3 aromatic rings. The predicted octanol–water partition coefficient (Wildman–Crippen LogP) is 5.14. The molecular weight excluding hydrogens is 410 g/mol. The fraction of sp³-hybridized carbons (Fsp3) is 0.167. The summed E-state index contributed by atoms with van der Waals surface area (Å²) in [6, 6.07) is 11.4. The van der Waals surface area contributed by atoms with Gasteiger partial charge >= 0.3 is 0 Å². The molecule has 1 N–H and O–H groups in total. The highest BCUT2D eigenvalue weighted by molar-refractivity contribution is 7.99. The number of anilines is 1. The Morgan fingerprint density at radius 2 is 1.96 bits per heavy atom. The van der Waals surface area contributed by atoms with E-state index >= 15 is 0 Å². The minimum Gasteiger partial charge on any atom is -0.324 e. The molecule has 0 saturated heterocycles. The Morgan fingerprint density at radius 3 is 2.70 bits per heavy atom. The number of carbonyl (C=O) groups is 1. The minimum absolute atomic E-state index is 0.0955. The first kappa shape index (κ1) is 19.7. The number of thioether (sulfide) groups is 1. The first-order valence-corrected chi connectivity index (χ1v) is 9.80. The van der Waals surface area contributed by atoms with Gasteiger partial charge in [-0.2, -0.15) is 0 Å². The van der Waals surface area contributed by atoms with E-state index in [2.05, 4.69) is 15.5 Å². The fourth-order valence-electron chi connectivity index (χ4n) is 2.44. The molecule has 0 spiro atoms. The second kappa shape index (κ2) is 8.73. The Balaban J connectivity index is 1.72. The summed E-state index contributed by atoms with van der Waals surface area (Å²) in [5.41, 5.74) is 0.813. The van der Waals surface area contributed by atoms with E-state index in [4.69, 9.17) is 23.2 Å². The summed E-state index contributed by atoms with van der Waals surface area (Å²) in [6.45, 7) is 2.45. The van der Waals surface area contributed by atoms with Gasteiger partial charge in [0.1, 0.15) is 5.82 Å².